The minimum absolute atomic E-state index is 0.00193. The molecule has 4 rings (SSSR count). The van der Waals surface area contributed by atoms with Crippen LogP contribution in [0.1, 0.15) is 16.7 Å². The SMILES string of the molecule is Cc1ccncc1Cn1ncc2ncc(-c3ccc(F)c(C)c3F)cc21.O=C(O)C(F)(F)F. The lowest BCUT2D eigenvalue weighted by Crippen LogP contribution is -2.21. The Bertz CT molecular complexity index is 1320. The van der Waals surface area contributed by atoms with E-state index in [2.05, 4.69) is 15.1 Å². The van der Waals surface area contributed by atoms with Crippen LogP contribution in [0.4, 0.5) is 22.0 Å². The van der Waals surface area contributed by atoms with Gasteiger partial charge in [0.2, 0.25) is 0 Å². The molecule has 11 heteroatoms. The topological polar surface area (TPSA) is 80.9 Å². The van der Waals surface area contributed by atoms with Gasteiger partial charge in [0.05, 0.1) is 18.3 Å². The second-order valence-corrected chi connectivity index (χ2v) is 7.07. The summed E-state index contributed by atoms with van der Waals surface area (Å²) in [5.74, 6) is -3.88. The number of rotatable bonds is 3. The molecule has 0 radical (unpaired) electrons. The van der Waals surface area contributed by atoms with E-state index >= 15 is 0 Å². The van der Waals surface area contributed by atoms with E-state index in [9.17, 15) is 22.0 Å². The van der Waals surface area contributed by atoms with E-state index in [1.54, 1.807) is 18.6 Å². The molecule has 0 fully saturated rings. The monoisotopic (exact) mass is 464 g/mol. The quantitative estimate of drug-likeness (QED) is 0.428. The number of benzene rings is 1. The van der Waals surface area contributed by atoms with Gasteiger partial charge < -0.3 is 5.11 Å². The average molecular weight is 464 g/mol. The van der Waals surface area contributed by atoms with Crippen molar-refractivity contribution < 1.29 is 31.9 Å². The summed E-state index contributed by atoms with van der Waals surface area (Å²) >= 11 is 0. The maximum absolute atomic E-state index is 14.5. The van der Waals surface area contributed by atoms with Crippen molar-refractivity contribution >= 4 is 17.0 Å². The van der Waals surface area contributed by atoms with Crippen molar-refractivity contribution in [3.8, 4) is 11.1 Å². The number of aromatic nitrogens is 4. The molecule has 0 aliphatic rings. The Morgan fingerprint density at radius 1 is 1.09 bits per heavy atom. The first-order valence-electron chi connectivity index (χ1n) is 9.45. The molecule has 3 aromatic heterocycles. The van der Waals surface area contributed by atoms with Crippen molar-refractivity contribution in [1.82, 2.24) is 19.7 Å². The first-order valence-corrected chi connectivity index (χ1v) is 9.45. The number of alkyl halides is 3. The maximum atomic E-state index is 14.5. The molecular weight excluding hydrogens is 447 g/mol. The highest BCUT2D eigenvalue weighted by Crippen LogP contribution is 2.28. The molecule has 172 valence electrons. The summed E-state index contributed by atoms with van der Waals surface area (Å²) in [5, 5.41) is 11.5. The van der Waals surface area contributed by atoms with Crippen molar-refractivity contribution in [1.29, 1.82) is 0 Å². The Labute approximate surface area is 184 Å². The fourth-order valence-corrected chi connectivity index (χ4v) is 2.94. The van der Waals surface area contributed by atoms with Gasteiger partial charge in [-0.15, -0.1) is 0 Å². The molecule has 33 heavy (non-hydrogen) atoms. The largest absolute Gasteiger partial charge is 0.490 e. The number of carbonyl (C=O) groups is 1. The molecule has 4 aromatic rings. The molecule has 3 heterocycles. The van der Waals surface area contributed by atoms with Gasteiger partial charge in [0.1, 0.15) is 17.2 Å². The minimum Gasteiger partial charge on any atom is -0.475 e. The number of carboxylic acid groups (broad SMARTS) is 1. The molecule has 0 aliphatic heterocycles. The van der Waals surface area contributed by atoms with Crippen LogP contribution in [0.3, 0.4) is 0 Å². The number of carboxylic acids is 1. The predicted molar refractivity (Wildman–Crippen MR) is 109 cm³/mol. The van der Waals surface area contributed by atoms with Crippen molar-refractivity contribution in [3.63, 3.8) is 0 Å². The summed E-state index contributed by atoms with van der Waals surface area (Å²) in [6.45, 7) is 3.98. The van der Waals surface area contributed by atoms with Crippen LogP contribution in [0.2, 0.25) is 0 Å². The van der Waals surface area contributed by atoms with Crippen LogP contribution < -0.4 is 0 Å². The fraction of sp³-hybridized carbons (Fsp3) is 0.182. The van der Waals surface area contributed by atoms with Gasteiger partial charge in [-0.1, -0.05) is 0 Å². The highest BCUT2D eigenvalue weighted by molar-refractivity contribution is 5.80. The number of pyridine rings is 2. The zero-order valence-corrected chi connectivity index (χ0v) is 17.4. The highest BCUT2D eigenvalue weighted by atomic mass is 19.4. The van der Waals surface area contributed by atoms with Crippen LogP contribution in [0.15, 0.2) is 49.1 Å². The van der Waals surface area contributed by atoms with E-state index in [4.69, 9.17) is 9.90 Å². The summed E-state index contributed by atoms with van der Waals surface area (Å²) in [6, 6.07) is 6.49. The molecule has 0 unspecified atom stereocenters. The third kappa shape index (κ3) is 5.30. The van der Waals surface area contributed by atoms with Gasteiger partial charge in [-0.05, 0) is 49.2 Å². The fourth-order valence-electron chi connectivity index (χ4n) is 2.94. The van der Waals surface area contributed by atoms with Crippen molar-refractivity contribution in [2.45, 2.75) is 26.6 Å². The Balaban J connectivity index is 0.000000383. The molecule has 0 amide bonds. The molecule has 0 aliphatic carbocycles. The molecule has 0 bridgehead atoms. The Hall–Kier alpha value is -3.89. The zero-order chi connectivity index (χ0) is 24.3. The summed E-state index contributed by atoms with van der Waals surface area (Å²) in [6.07, 6.45) is 1.74. The summed E-state index contributed by atoms with van der Waals surface area (Å²) < 4.78 is 61.6. The van der Waals surface area contributed by atoms with Crippen LogP contribution in [0.25, 0.3) is 22.2 Å². The number of aliphatic carboxylic acids is 1. The molecule has 0 spiro atoms. The third-order valence-electron chi connectivity index (χ3n) is 4.84. The third-order valence-corrected chi connectivity index (χ3v) is 4.84. The Kier molecular flexibility index (Phi) is 6.70. The smallest absolute Gasteiger partial charge is 0.475 e. The molecule has 0 atom stereocenters. The van der Waals surface area contributed by atoms with E-state index < -0.39 is 23.8 Å². The van der Waals surface area contributed by atoms with Gasteiger partial charge in [-0.25, -0.2) is 13.6 Å². The average Bonchev–Trinajstić information content (AvgIpc) is 3.15. The van der Waals surface area contributed by atoms with Crippen LogP contribution in [0.5, 0.6) is 0 Å². The van der Waals surface area contributed by atoms with Crippen molar-refractivity contribution in [2.75, 3.05) is 0 Å². The minimum atomic E-state index is -5.08. The van der Waals surface area contributed by atoms with Crippen LogP contribution in [-0.4, -0.2) is 37.0 Å². The van der Waals surface area contributed by atoms with E-state index in [0.717, 1.165) is 22.2 Å². The van der Waals surface area contributed by atoms with Gasteiger partial charge in [-0.3, -0.25) is 14.6 Å². The number of fused-ring (bicyclic) bond motifs is 1. The van der Waals surface area contributed by atoms with Crippen LogP contribution in [0, 0.1) is 25.5 Å². The number of halogens is 5. The normalized spacial score (nSPS) is 11.2. The first kappa shape index (κ1) is 23.8. The van der Waals surface area contributed by atoms with E-state index in [0.29, 0.717) is 17.7 Å². The number of hydrogen-bond acceptors (Lipinski definition) is 4. The first-order chi connectivity index (χ1) is 15.5. The maximum Gasteiger partial charge on any atom is 0.490 e. The van der Waals surface area contributed by atoms with E-state index in [1.165, 1.54) is 19.1 Å². The number of nitrogens with zero attached hydrogens (tertiary/aromatic N) is 4. The second-order valence-electron chi connectivity index (χ2n) is 7.07. The van der Waals surface area contributed by atoms with Crippen LogP contribution >= 0.6 is 0 Å². The Morgan fingerprint density at radius 2 is 1.79 bits per heavy atom. The molecular formula is C22H17F5N4O2. The van der Waals surface area contributed by atoms with Crippen LogP contribution in [-0.2, 0) is 11.3 Å². The van der Waals surface area contributed by atoms with E-state index in [1.807, 2.05) is 29.9 Å². The van der Waals surface area contributed by atoms with Crippen molar-refractivity contribution in [2.24, 2.45) is 0 Å². The van der Waals surface area contributed by atoms with E-state index in [-0.39, 0.29) is 5.56 Å². The lowest BCUT2D eigenvalue weighted by molar-refractivity contribution is -0.192. The lowest BCUT2D eigenvalue weighted by atomic mass is 10.0. The molecule has 6 nitrogen and oxygen atoms in total. The summed E-state index contributed by atoms with van der Waals surface area (Å²) in [4.78, 5) is 17.4. The predicted octanol–water partition coefficient (Wildman–Crippen LogP) is 5.07. The summed E-state index contributed by atoms with van der Waals surface area (Å²) in [5.41, 5.74) is 4.58. The lowest BCUT2D eigenvalue weighted by Gasteiger charge is -2.09. The molecule has 1 N–H and O–H groups in total. The van der Waals surface area contributed by atoms with Gasteiger partial charge in [0.25, 0.3) is 0 Å². The van der Waals surface area contributed by atoms with Gasteiger partial charge in [-0.2, -0.15) is 18.3 Å². The van der Waals surface area contributed by atoms with Crippen molar-refractivity contribution in [3.05, 3.63) is 77.4 Å². The van der Waals surface area contributed by atoms with Gasteiger partial charge >= 0.3 is 12.1 Å². The zero-order valence-electron chi connectivity index (χ0n) is 17.4. The number of hydrogen-bond donors (Lipinski definition) is 1. The van der Waals surface area contributed by atoms with Gasteiger partial charge in [0, 0.05) is 35.3 Å². The van der Waals surface area contributed by atoms with Gasteiger partial charge in [0.15, 0.2) is 0 Å². The standard InChI is InChI=1S/C20H16F2N4.C2HF3O2/c1-12-5-6-23-8-15(12)11-26-19-7-14(9-24-18(19)10-25-26)16-3-4-17(21)13(2)20(16)22;3-2(4,5)1(6)7/h3-10H,11H2,1-2H3;(H,6,7). The Morgan fingerprint density at radius 3 is 2.42 bits per heavy atom. The summed E-state index contributed by atoms with van der Waals surface area (Å²) in [7, 11) is 0. The number of aryl methyl sites for hydroxylation is 1. The highest BCUT2D eigenvalue weighted by Gasteiger charge is 2.38. The molecule has 0 saturated carbocycles. The molecule has 1 aromatic carbocycles. The second kappa shape index (κ2) is 9.31. The molecule has 0 saturated heterocycles.